The van der Waals surface area contributed by atoms with E-state index in [9.17, 15) is 9.59 Å². The van der Waals surface area contributed by atoms with Gasteiger partial charge in [0, 0.05) is 10.4 Å². The number of rotatable bonds is 4. The molecule has 0 aromatic heterocycles. The Bertz CT molecular complexity index is 560. The fourth-order valence-electron chi connectivity index (χ4n) is 2.34. The van der Waals surface area contributed by atoms with Crippen molar-refractivity contribution in [3.63, 3.8) is 0 Å². The smallest absolute Gasteiger partial charge is 0.321 e. The van der Waals surface area contributed by atoms with Crippen LogP contribution in [0.4, 0.5) is 5.69 Å². The highest BCUT2D eigenvalue weighted by molar-refractivity contribution is 8.02. The summed E-state index contributed by atoms with van der Waals surface area (Å²) in [5.41, 5.74) is 7.67. The molecule has 2 rings (SSSR count). The zero-order valence-corrected chi connectivity index (χ0v) is 12.9. The summed E-state index contributed by atoms with van der Waals surface area (Å²) in [5, 5.41) is 11.7. The molecule has 0 saturated heterocycles. The maximum atomic E-state index is 12.3. The minimum atomic E-state index is -1.05. The minimum absolute atomic E-state index is 0.0874. The summed E-state index contributed by atoms with van der Waals surface area (Å²) in [6, 6.07) is 6.70. The Labute approximate surface area is 128 Å². The lowest BCUT2D eigenvalue weighted by Crippen LogP contribution is -2.48. The second kappa shape index (κ2) is 6.07. The number of carboxylic acids is 1. The number of nitrogens with two attached hydrogens (primary N) is 1. The number of anilines is 1. The van der Waals surface area contributed by atoms with Crippen molar-refractivity contribution in [3.8, 4) is 0 Å². The fourth-order valence-corrected chi connectivity index (χ4v) is 3.72. The first-order chi connectivity index (χ1) is 9.81. The summed E-state index contributed by atoms with van der Waals surface area (Å²) in [6.45, 7) is 3.53. The number of fused-ring (bicyclic) bond motifs is 1. The maximum Gasteiger partial charge on any atom is 0.321 e. The van der Waals surface area contributed by atoms with Gasteiger partial charge in [0.2, 0.25) is 5.91 Å². The molecule has 2 atom stereocenters. The first-order valence-corrected chi connectivity index (χ1v) is 7.74. The number of aryl methyl sites for hydroxylation is 1. The second-order valence-corrected chi connectivity index (χ2v) is 7.57. The Kier molecular flexibility index (Phi) is 4.58. The molecule has 1 heterocycles. The molecule has 0 fully saturated rings. The predicted molar refractivity (Wildman–Crippen MR) is 84.5 cm³/mol. The fraction of sp³-hybridized carbons (Fsp3) is 0.467. The monoisotopic (exact) mass is 308 g/mol. The Morgan fingerprint density at radius 1 is 1.48 bits per heavy atom. The molecule has 4 N–H and O–H groups in total. The average molecular weight is 308 g/mol. The summed E-state index contributed by atoms with van der Waals surface area (Å²) in [6.07, 6.45) is 1.45. The van der Waals surface area contributed by atoms with Gasteiger partial charge in [-0.25, -0.2) is 0 Å². The van der Waals surface area contributed by atoms with Crippen LogP contribution in [0.15, 0.2) is 24.3 Å². The van der Waals surface area contributed by atoms with Crippen molar-refractivity contribution in [2.45, 2.75) is 42.7 Å². The molecule has 1 aliphatic heterocycles. The predicted octanol–water partition coefficient (Wildman–Crippen LogP) is 1.86. The normalized spacial score (nSPS) is 20.1. The Hall–Kier alpha value is -1.53. The summed E-state index contributed by atoms with van der Waals surface area (Å²) in [7, 11) is 0. The topological polar surface area (TPSA) is 92.4 Å². The molecular formula is C15H20N2O3S. The van der Waals surface area contributed by atoms with E-state index in [4.69, 9.17) is 10.8 Å². The van der Waals surface area contributed by atoms with Crippen LogP contribution >= 0.6 is 11.8 Å². The van der Waals surface area contributed by atoms with E-state index < -0.39 is 16.8 Å². The van der Waals surface area contributed by atoms with E-state index >= 15 is 0 Å². The first-order valence-electron chi connectivity index (χ1n) is 6.86. The summed E-state index contributed by atoms with van der Waals surface area (Å²) < 4.78 is -0.718. The van der Waals surface area contributed by atoms with Gasteiger partial charge in [-0.05, 0) is 38.3 Å². The molecule has 114 valence electrons. The molecule has 1 amide bonds. The average Bonchev–Trinajstić information content (AvgIpc) is 2.57. The number of amides is 1. The Balaban J connectivity index is 2.13. The van der Waals surface area contributed by atoms with E-state index in [1.165, 1.54) is 11.8 Å². The number of carbonyl (C=O) groups excluding carboxylic acids is 1. The molecule has 0 bridgehead atoms. The van der Waals surface area contributed by atoms with Crippen molar-refractivity contribution in [2.75, 3.05) is 5.32 Å². The van der Waals surface area contributed by atoms with Crippen LogP contribution in [0.3, 0.4) is 0 Å². The molecule has 21 heavy (non-hydrogen) atoms. The molecule has 0 saturated carbocycles. The number of hydrogen-bond donors (Lipinski definition) is 3. The quantitative estimate of drug-likeness (QED) is 0.789. The van der Waals surface area contributed by atoms with Gasteiger partial charge >= 0.3 is 5.97 Å². The number of nitrogens with one attached hydrogen (secondary N) is 1. The zero-order valence-electron chi connectivity index (χ0n) is 12.1. The number of aliphatic carboxylic acids is 1. The van der Waals surface area contributed by atoms with E-state index in [1.807, 2.05) is 24.3 Å². The summed E-state index contributed by atoms with van der Waals surface area (Å²) in [4.78, 5) is 23.4. The van der Waals surface area contributed by atoms with Gasteiger partial charge in [-0.15, -0.1) is 11.8 Å². The molecule has 1 unspecified atom stereocenters. The Morgan fingerprint density at radius 3 is 2.81 bits per heavy atom. The van der Waals surface area contributed by atoms with Crippen LogP contribution < -0.4 is 11.1 Å². The van der Waals surface area contributed by atoms with E-state index in [1.54, 1.807) is 13.8 Å². The molecule has 5 nitrogen and oxygen atoms in total. The van der Waals surface area contributed by atoms with Gasteiger partial charge in [0.1, 0.15) is 6.04 Å². The molecule has 0 radical (unpaired) electrons. The third-order valence-electron chi connectivity index (χ3n) is 3.70. The van der Waals surface area contributed by atoms with Gasteiger partial charge in [-0.3, -0.25) is 9.59 Å². The Morgan fingerprint density at radius 2 is 2.14 bits per heavy atom. The molecular weight excluding hydrogens is 288 g/mol. The summed E-state index contributed by atoms with van der Waals surface area (Å²) in [5.74, 6) is -1.14. The molecule has 0 spiro atoms. The number of para-hydroxylation sites is 1. The van der Waals surface area contributed by atoms with Crippen molar-refractivity contribution in [3.05, 3.63) is 29.8 Å². The number of hydrogen-bond acceptors (Lipinski definition) is 4. The highest BCUT2D eigenvalue weighted by atomic mass is 32.2. The van der Waals surface area contributed by atoms with Crippen molar-refractivity contribution in [2.24, 2.45) is 5.73 Å². The third-order valence-corrected chi connectivity index (χ3v) is 5.30. The largest absolute Gasteiger partial charge is 0.480 e. The molecule has 6 heteroatoms. The van der Waals surface area contributed by atoms with Gasteiger partial charge in [0.25, 0.3) is 0 Å². The van der Waals surface area contributed by atoms with Gasteiger partial charge in [-0.2, -0.15) is 0 Å². The van der Waals surface area contributed by atoms with Crippen LogP contribution in [0.1, 0.15) is 25.8 Å². The SMILES string of the molecule is CC(C)(SC1CCc2ccccc2NC1=O)[C@H](N)C(=O)O. The first kappa shape index (κ1) is 15.9. The molecule has 1 aliphatic rings. The highest BCUT2D eigenvalue weighted by Gasteiger charge is 2.37. The zero-order chi connectivity index (χ0) is 15.6. The van der Waals surface area contributed by atoms with Gasteiger partial charge in [0.15, 0.2) is 0 Å². The van der Waals surface area contributed by atoms with Gasteiger partial charge in [0.05, 0.1) is 5.25 Å². The van der Waals surface area contributed by atoms with Crippen molar-refractivity contribution in [1.29, 1.82) is 0 Å². The number of carbonyl (C=O) groups is 2. The van der Waals surface area contributed by atoms with Crippen molar-refractivity contribution in [1.82, 2.24) is 0 Å². The molecule has 1 aromatic carbocycles. The van der Waals surface area contributed by atoms with Crippen LogP contribution in [-0.4, -0.2) is 33.0 Å². The number of thioether (sulfide) groups is 1. The maximum absolute atomic E-state index is 12.3. The van der Waals surface area contributed by atoms with Crippen molar-refractivity contribution >= 4 is 29.3 Å². The number of benzene rings is 1. The minimum Gasteiger partial charge on any atom is -0.480 e. The molecule has 1 aromatic rings. The standard InChI is InChI=1S/C15H20N2O3S/c1-15(2,12(16)14(19)20)21-11-8-7-9-5-3-4-6-10(9)17-13(11)18/h3-6,11-12H,7-8,16H2,1-2H3,(H,17,18)(H,19,20)/t11?,12-/m1/s1. The van der Waals surface area contributed by atoms with E-state index in [2.05, 4.69) is 5.32 Å². The van der Waals surface area contributed by atoms with E-state index in [0.29, 0.717) is 6.42 Å². The lowest BCUT2D eigenvalue weighted by Gasteiger charge is -2.31. The van der Waals surface area contributed by atoms with Crippen LogP contribution in [0.25, 0.3) is 0 Å². The van der Waals surface area contributed by atoms with E-state index in [-0.39, 0.29) is 11.2 Å². The van der Waals surface area contributed by atoms with Crippen LogP contribution in [-0.2, 0) is 16.0 Å². The van der Waals surface area contributed by atoms with Crippen LogP contribution in [0.2, 0.25) is 0 Å². The van der Waals surface area contributed by atoms with Crippen LogP contribution in [0, 0.1) is 0 Å². The van der Waals surface area contributed by atoms with Crippen molar-refractivity contribution < 1.29 is 14.7 Å². The highest BCUT2D eigenvalue weighted by Crippen LogP contribution is 2.36. The lowest BCUT2D eigenvalue weighted by atomic mass is 10.1. The lowest BCUT2D eigenvalue weighted by molar-refractivity contribution is -0.139. The van der Waals surface area contributed by atoms with Gasteiger partial charge in [-0.1, -0.05) is 18.2 Å². The number of carboxylic acid groups (broad SMARTS) is 1. The molecule has 0 aliphatic carbocycles. The van der Waals surface area contributed by atoms with Gasteiger partial charge < -0.3 is 16.2 Å². The van der Waals surface area contributed by atoms with E-state index in [0.717, 1.165) is 17.7 Å². The van der Waals surface area contributed by atoms with Crippen LogP contribution in [0.5, 0.6) is 0 Å². The third kappa shape index (κ3) is 3.57. The summed E-state index contributed by atoms with van der Waals surface area (Å²) >= 11 is 1.33. The second-order valence-electron chi connectivity index (χ2n) is 5.71.